The molecule has 5 rings (SSSR count). The Balaban J connectivity index is 1.46. The number of carbonyl (C=O) groups is 1. The van der Waals surface area contributed by atoms with Crippen LogP contribution in [0.5, 0.6) is 0 Å². The van der Waals surface area contributed by atoms with E-state index in [9.17, 15) is 22.4 Å². The number of alkyl halides is 3. The summed E-state index contributed by atoms with van der Waals surface area (Å²) >= 11 is 0. The van der Waals surface area contributed by atoms with Gasteiger partial charge in [-0.25, -0.2) is 9.07 Å². The normalized spacial score (nSPS) is 15.0. The van der Waals surface area contributed by atoms with E-state index in [1.807, 2.05) is 33.0 Å². The highest BCUT2D eigenvalue weighted by Gasteiger charge is 2.53. The lowest BCUT2D eigenvalue weighted by atomic mass is 9.93. The Kier molecular flexibility index (Phi) is 5.65. The highest BCUT2D eigenvalue weighted by Crippen LogP contribution is 2.50. The fourth-order valence-corrected chi connectivity index (χ4v) is 4.20. The lowest BCUT2D eigenvalue weighted by Gasteiger charge is -2.18. The first-order valence-corrected chi connectivity index (χ1v) is 11.5. The van der Waals surface area contributed by atoms with Crippen molar-refractivity contribution in [1.82, 2.24) is 30.4 Å². The Labute approximate surface area is 209 Å². The third-order valence-electron chi connectivity index (χ3n) is 6.44. The number of halogens is 4. The number of nitrogens with one attached hydrogen (secondary N) is 2. The minimum absolute atomic E-state index is 0.0562. The summed E-state index contributed by atoms with van der Waals surface area (Å²) in [5, 5.41) is 21.6. The molecule has 1 aliphatic carbocycles. The fourth-order valence-electron chi connectivity index (χ4n) is 4.20. The van der Waals surface area contributed by atoms with E-state index in [4.69, 9.17) is 0 Å². The molecule has 0 radical (unpaired) electrons. The van der Waals surface area contributed by atoms with Crippen LogP contribution >= 0.6 is 0 Å². The maximum Gasteiger partial charge on any atom is 0.416 e. The molecule has 2 N–H and O–H groups in total. The second-order valence-corrected chi connectivity index (χ2v) is 10.1. The van der Waals surface area contributed by atoms with Crippen LogP contribution in [0.4, 0.5) is 23.2 Å². The van der Waals surface area contributed by atoms with Gasteiger partial charge in [-0.1, -0.05) is 26.8 Å². The Hall–Kier alpha value is -4.09. The predicted octanol–water partition coefficient (Wildman–Crippen LogP) is 5.18. The van der Waals surface area contributed by atoms with Gasteiger partial charge in [-0.3, -0.25) is 4.79 Å². The molecule has 1 fully saturated rings. The van der Waals surface area contributed by atoms with Gasteiger partial charge in [-0.2, -0.15) is 23.5 Å². The summed E-state index contributed by atoms with van der Waals surface area (Å²) in [6, 6.07) is 9.23. The highest BCUT2D eigenvalue weighted by molar-refractivity contribution is 6.02. The van der Waals surface area contributed by atoms with E-state index in [1.165, 1.54) is 0 Å². The summed E-state index contributed by atoms with van der Waals surface area (Å²) in [4.78, 5) is 13.2. The van der Waals surface area contributed by atoms with Crippen LogP contribution in [-0.2, 0) is 21.8 Å². The number of tetrazole rings is 1. The number of anilines is 1. The molecule has 2 aromatic carbocycles. The molecule has 8 nitrogen and oxygen atoms in total. The number of aromatic nitrogens is 6. The Morgan fingerprint density at radius 3 is 2.41 bits per heavy atom. The Morgan fingerprint density at radius 2 is 1.84 bits per heavy atom. The molecular formula is C25H23F4N7O. The van der Waals surface area contributed by atoms with Crippen LogP contribution in [0.1, 0.15) is 50.4 Å². The first kappa shape index (κ1) is 24.6. The molecule has 1 aliphatic rings. The van der Waals surface area contributed by atoms with Crippen LogP contribution in [0.2, 0.25) is 0 Å². The van der Waals surface area contributed by atoms with Gasteiger partial charge in [-0.05, 0) is 54.5 Å². The number of nitrogens with zero attached hydrogens (tertiary/aromatic N) is 5. The number of aromatic amines is 1. The fraction of sp³-hybridized carbons (Fsp3) is 0.320. The predicted molar refractivity (Wildman–Crippen MR) is 126 cm³/mol. The van der Waals surface area contributed by atoms with Gasteiger partial charge in [0.2, 0.25) is 11.7 Å². The van der Waals surface area contributed by atoms with Crippen molar-refractivity contribution in [2.45, 2.75) is 50.6 Å². The van der Waals surface area contributed by atoms with E-state index in [1.54, 1.807) is 22.9 Å². The lowest BCUT2D eigenvalue weighted by molar-refractivity contribution is -0.137. The van der Waals surface area contributed by atoms with Crippen molar-refractivity contribution in [3.8, 4) is 17.1 Å². The summed E-state index contributed by atoms with van der Waals surface area (Å²) in [5.74, 6) is -1.29. The molecule has 0 aliphatic heterocycles. The largest absolute Gasteiger partial charge is 0.416 e. The Morgan fingerprint density at radius 1 is 1.08 bits per heavy atom. The number of amides is 1. The first-order valence-electron chi connectivity index (χ1n) is 11.5. The van der Waals surface area contributed by atoms with Crippen LogP contribution in [0.15, 0.2) is 48.7 Å². The lowest BCUT2D eigenvalue weighted by Crippen LogP contribution is -2.29. The summed E-state index contributed by atoms with van der Waals surface area (Å²) < 4.78 is 55.2. The van der Waals surface area contributed by atoms with Gasteiger partial charge in [0.25, 0.3) is 0 Å². The second kappa shape index (κ2) is 8.49. The van der Waals surface area contributed by atoms with E-state index >= 15 is 0 Å². The average molecular weight is 513 g/mol. The van der Waals surface area contributed by atoms with Crippen molar-refractivity contribution in [3.63, 3.8) is 0 Å². The van der Waals surface area contributed by atoms with Crippen molar-refractivity contribution in [1.29, 1.82) is 0 Å². The maximum atomic E-state index is 14.7. The quantitative estimate of drug-likeness (QED) is 0.358. The molecule has 0 bridgehead atoms. The summed E-state index contributed by atoms with van der Waals surface area (Å²) in [6.07, 6.45) is -2.22. The van der Waals surface area contributed by atoms with Gasteiger partial charge in [0.1, 0.15) is 5.82 Å². The van der Waals surface area contributed by atoms with Gasteiger partial charge >= 0.3 is 6.18 Å². The molecule has 0 unspecified atom stereocenters. The van der Waals surface area contributed by atoms with E-state index in [2.05, 4.69) is 31.0 Å². The zero-order valence-electron chi connectivity index (χ0n) is 20.2. The van der Waals surface area contributed by atoms with Crippen LogP contribution < -0.4 is 5.32 Å². The van der Waals surface area contributed by atoms with Crippen molar-refractivity contribution in [3.05, 3.63) is 71.3 Å². The zero-order valence-corrected chi connectivity index (χ0v) is 20.2. The Bertz CT molecular complexity index is 1470. The third-order valence-corrected chi connectivity index (χ3v) is 6.44. The van der Waals surface area contributed by atoms with E-state index < -0.39 is 28.9 Å². The minimum Gasteiger partial charge on any atom is -0.325 e. The van der Waals surface area contributed by atoms with Gasteiger partial charge in [0.15, 0.2) is 0 Å². The molecule has 0 atom stereocenters. The molecule has 1 saturated carbocycles. The molecule has 2 heterocycles. The number of rotatable bonds is 5. The number of H-pyrrole nitrogens is 1. The SMILES string of the molecule is CC(C)(C)c1ccn(-c2ccc(NC(=O)C3(c4ccc(C(F)(F)F)cc4F)CC3)cc2-c2nn[nH]n2)n1. The van der Waals surface area contributed by atoms with Crippen LogP contribution in [0.25, 0.3) is 17.1 Å². The van der Waals surface area contributed by atoms with Crippen molar-refractivity contribution in [2.75, 3.05) is 5.32 Å². The molecule has 2 aromatic heterocycles. The number of hydrogen-bond donors (Lipinski definition) is 2. The topological polar surface area (TPSA) is 101 Å². The van der Waals surface area contributed by atoms with Crippen LogP contribution in [0.3, 0.4) is 0 Å². The second-order valence-electron chi connectivity index (χ2n) is 10.1. The first-order chi connectivity index (χ1) is 17.4. The number of carbonyl (C=O) groups excluding carboxylic acids is 1. The standard InChI is InChI=1S/C25H23F4N7O/c1-23(2,3)20-8-11-36(33-20)19-7-5-15(13-16(19)21-31-34-35-32-21)30-22(37)24(9-10-24)17-6-4-14(12-18(17)26)25(27,28)29/h4-8,11-13H,9-10H2,1-3H3,(H,30,37)(H,31,32,34,35). The van der Waals surface area contributed by atoms with E-state index in [0.717, 1.165) is 17.8 Å². The molecule has 4 aromatic rings. The van der Waals surface area contributed by atoms with Crippen molar-refractivity contribution in [2.24, 2.45) is 0 Å². The summed E-state index contributed by atoms with van der Waals surface area (Å²) in [6.45, 7) is 6.14. The van der Waals surface area contributed by atoms with Gasteiger partial charge in [0.05, 0.1) is 27.9 Å². The molecule has 1 amide bonds. The van der Waals surface area contributed by atoms with Crippen LogP contribution in [-0.4, -0.2) is 36.3 Å². The van der Waals surface area contributed by atoms with Crippen molar-refractivity contribution >= 4 is 11.6 Å². The van der Waals surface area contributed by atoms with E-state index in [0.29, 0.717) is 35.8 Å². The molecular weight excluding hydrogens is 490 g/mol. The van der Waals surface area contributed by atoms with Crippen molar-refractivity contribution < 1.29 is 22.4 Å². The number of benzene rings is 2. The monoisotopic (exact) mass is 513 g/mol. The summed E-state index contributed by atoms with van der Waals surface area (Å²) in [5.41, 5.74) is -0.128. The minimum atomic E-state index is -4.67. The van der Waals surface area contributed by atoms with E-state index in [-0.39, 0.29) is 16.8 Å². The highest BCUT2D eigenvalue weighted by atomic mass is 19.4. The molecule has 37 heavy (non-hydrogen) atoms. The maximum absolute atomic E-state index is 14.7. The number of hydrogen-bond acceptors (Lipinski definition) is 5. The zero-order chi connectivity index (χ0) is 26.6. The van der Waals surface area contributed by atoms with Gasteiger partial charge in [-0.15, -0.1) is 10.2 Å². The third kappa shape index (κ3) is 4.58. The average Bonchev–Trinajstić information content (AvgIpc) is 3.21. The van der Waals surface area contributed by atoms with Gasteiger partial charge < -0.3 is 5.32 Å². The smallest absolute Gasteiger partial charge is 0.325 e. The molecule has 192 valence electrons. The summed E-state index contributed by atoms with van der Waals surface area (Å²) in [7, 11) is 0. The molecule has 0 saturated heterocycles. The van der Waals surface area contributed by atoms with Gasteiger partial charge in [0, 0.05) is 22.9 Å². The molecule has 12 heteroatoms. The molecule has 0 spiro atoms. The van der Waals surface area contributed by atoms with Crippen LogP contribution in [0, 0.1) is 5.82 Å².